The smallest absolute Gasteiger partial charge is 0.383 e. The number of nitrogens with one attached hydrogen (secondary N) is 1. The van der Waals surface area contributed by atoms with Crippen LogP contribution in [0.5, 0.6) is 0 Å². The Balaban J connectivity index is 2.71. The molecule has 0 atom stereocenters. The maximum Gasteiger partial charge on any atom is 0.406 e. The minimum atomic E-state index is -4.22. The van der Waals surface area contributed by atoms with Crippen LogP contribution in [0.15, 0.2) is 0 Å². The Labute approximate surface area is 127 Å². The van der Waals surface area contributed by atoms with E-state index in [0.717, 1.165) is 10.6 Å². The SMILES string of the molecule is CCCN(CC(F)(F)F)c1nc(C)c(CNCCOC)s1. The van der Waals surface area contributed by atoms with E-state index in [1.165, 1.54) is 16.2 Å². The van der Waals surface area contributed by atoms with Gasteiger partial charge in [-0.05, 0) is 13.3 Å². The Morgan fingerprint density at radius 2 is 2.10 bits per heavy atom. The number of aromatic nitrogens is 1. The number of halogens is 3. The van der Waals surface area contributed by atoms with Crippen LogP contribution in [0.25, 0.3) is 0 Å². The maximum atomic E-state index is 12.6. The highest BCUT2D eigenvalue weighted by atomic mass is 32.1. The second kappa shape index (κ2) is 8.55. The Hall–Kier alpha value is -0.860. The fraction of sp³-hybridized carbons (Fsp3) is 0.769. The van der Waals surface area contributed by atoms with Crippen molar-refractivity contribution in [2.45, 2.75) is 33.0 Å². The topological polar surface area (TPSA) is 37.4 Å². The van der Waals surface area contributed by atoms with Gasteiger partial charge in [-0.15, -0.1) is 11.3 Å². The molecule has 0 aliphatic rings. The largest absolute Gasteiger partial charge is 0.406 e. The van der Waals surface area contributed by atoms with Crippen molar-refractivity contribution >= 4 is 16.5 Å². The average molecular weight is 325 g/mol. The molecule has 0 saturated carbocycles. The van der Waals surface area contributed by atoms with Crippen LogP contribution < -0.4 is 10.2 Å². The zero-order chi connectivity index (χ0) is 15.9. The van der Waals surface area contributed by atoms with Crippen LogP contribution in [0.4, 0.5) is 18.3 Å². The number of hydrogen-bond donors (Lipinski definition) is 1. The van der Waals surface area contributed by atoms with Crippen molar-refractivity contribution in [1.29, 1.82) is 0 Å². The van der Waals surface area contributed by atoms with Gasteiger partial charge in [0.2, 0.25) is 0 Å². The van der Waals surface area contributed by atoms with Crippen LogP contribution in [0.2, 0.25) is 0 Å². The Bertz CT molecular complexity index is 423. The molecule has 0 amide bonds. The first-order valence-electron chi connectivity index (χ1n) is 6.85. The minimum absolute atomic E-state index is 0.350. The number of alkyl halides is 3. The molecule has 21 heavy (non-hydrogen) atoms. The number of aryl methyl sites for hydroxylation is 1. The quantitative estimate of drug-likeness (QED) is 0.708. The Kier molecular flexibility index (Phi) is 7.41. The van der Waals surface area contributed by atoms with Crippen LogP contribution >= 0.6 is 11.3 Å². The molecule has 1 heterocycles. The molecule has 122 valence electrons. The molecule has 1 aromatic rings. The fourth-order valence-electron chi connectivity index (χ4n) is 1.82. The lowest BCUT2D eigenvalue weighted by atomic mass is 10.4. The number of methoxy groups -OCH3 is 1. The number of anilines is 1. The average Bonchev–Trinajstić information content (AvgIpc) is 2.74. The number of rotatable bonds is 9. The van der Waals surface area contributed by atoms with Gasteiger partial charge in [0.05, 0.1) is 12.3 Å². The molecule has 0 spiro atoms. The van der Waals surface area contributed by atoms with Crippen molar-refractivity contribution in [3.63, 3.8) is 0 Å². The van der Waals surface area contributed by atoms with Crippen LogP contribution in [0, 0.1) is 6.92 Å². The van der Waals surface area contributed by atoms with E-state index in [4.69, 9.17) is 4.74 Å². The zero-order valence-electron chi connectivity index (χ0n) is 12.6. The predicted molar refractivity (Wildman–Crippen MR) is 79.0 cm³/mol. The molecular formula is C13H22F3N3OS. The van der Waals surface area contributed by atoms with Gasteiger partial charge in [0.1, 0.15) is 6.54 Å². The summed E-state index contributed by atoms with van der Waals surface area (Å²) in [7, 11) is 1.62. The van der Waals surface area contributed by atoms with E-state index in [0.29, 0.717) is 37.8 Å². The highest BCUT2D eigenvalue weighted by molar-refractivity contribution is 7.15. The van der Waals surface area contributed by atoms with Crippen LogP contribution in [0.3, 0.4) is 0 Å². The summed E-state index contributed by atoms with van der Waals surface area (Å²) in [6.45, 7) is 4.97. The summed E-state index contributed by atoms with van der Waals surface area (Å²) in [6, 6.07) is 0. The second-order valence-electron chi connectivity index (χ2n) is 4.71. The van der Waals surface area contributed by atoms with Gasteiger partial charge >= 0.3 is 6.18 Å². The molecule has 0 aliphatic heterocycles. The summed E-state index contributed by atoms with van der Waals surface area (Å²) < 4.78 is 42.8. The third kappa shape index (κ3) is 6.62. The molecule has 0 aliphatic carbocycles. The molecule has 0 saturated heterocycles. The monoisotopic (exact) mass is 325 g/mol. The highest BCUT2D eigenvalue weighted by Crippen LogP contribution is 2.29. The zero-order valence-corrected chi connectivity index (χ0v) is 13.4. The fourth-order valence-corrected chi connectivity index (χ4v) is 2.87. The van der Waals surface area contributed by atoms with Gasteiger partial charge < -0.3 is 15.0 Å². The van der Waals surface area contributed by atoms with E-state index in [2.05, 4.69) is 10.3 Å². The van der Waals surface area contributed by atoms with E-state index in [1.54, 1.807) is 7.11 Å². The summed E-state index contributed by atoms with van der Waals surface area (Å²) in [5.41, 5.74) is 0.781. The molecule has 0 radical (unpaired) electrons. The maximum absolute atomic E-state index is 12.6. The Morgan fingerprint density at radius 1 is 1.38 bits per heavy atom. The van der Waals surface area contributed by atoms with Gasteiger partial charge in [-0.2, -0.15) is 13.2 Å². The summed E-state index contributed by atoms with van der Waals surface area (Å²) in [6.07, 6.45) is -3.57. The molecular weight excluding hydrogens is 303 g/mol. The highest BCUT2D eigenvalue weighted by Gasteiger charge is 2.31. The van der Waals surface area contributed by atoms with Crippen molar-refractivity contribution in [3.05, 3.63) is 10.6 Å². The van der Waals surface area contributed by atoms with E-state index in [9.17, 15) is 13.2 Å². The number of hydrogen-bond acceptors (Lipinski definition) is 5. The summed E-state index contributed by atoms with van der Waals surface area (Å²) in [4.78, 5) is 6.55. The van der Waals surface area contributed by atoms with Crippen molar-refractivity contribution in [2.75, 3.05) is 38.3 Å². The summed E-state index contributed by atoms with van der Waals surface area (Å²) in [5.74, 6) is 0. The van der Waals surface area contributed by atoms with Gasteiger partial charge in [-0.1, -0.05) is 6.92 Å². The molecule has 1 aromatic heterocycles. The van der Waals surface area contributed by atoms with Crippen LogP contribution in [-0.4, -0.2) is 44.5 Å². The van der Waals surface area contributed by atoms with E-state index in [1.807, 2.05) is 13.8 Å². The van der Waals surface area contributed by atoms with E-state index in [-0.39, 0.29) is 0 Å². The first kappa shape index (κ1) is 18.2. The molecule has 0 aromatic carbocycles. The van der Waals surface area contributed by atoms with Gasteiger partial charge in [-0.3, -0.25) is 0 Å². The first-order valence-corrected chi connectivity index (χ1v) is 7.66. The predicted octanol–water partition coefficient (Wildman–Crippen LogP) is 2.97. The number of ether oxygens (including phenoxy) is 1. The van der Waals surface area contributed by atoms with E-state index < -0.39 is 12.7 Å². The standard InChI is InChI=1S/C13H22F3N3OS/c1-4-6-19(9-13(14,15)16)12-18-10(2)11(21-12)8-17-5-7-20-3/h17H,4-9H2,1-3H3. The first-order chi connectivity index (χ1) is 9.87. The minimum Gasteiger partial charge on any atom is -0.383 e. The van der Waals surface area contributed by atoms with Crippen molar-refractivity contribution in [2.24, 2.45) is 0 Å². The summed E-state index contributed by atoms with van der Waals surface area (Å²) in [5, 5.41) is 3.62. The van der Waals surface area contributed by atoms with Gasteiger partial charge in [0, 0.05) is 31.6 Å². The number of thiazole rings is 1. The second-order valence-corrected chi connectivity index (χ2v) is 5.77. The summed E-state index contributed by atoms with van der Waals surface area (Å²) >= 11 is 1.32. The molecule has 1 rings (SSSR count). The van der Waals surface area contributed by atoms with Crippen molar-refractivity contribution < 1.29 is 17.9 Å². The molecule has 0 bridgehead atoms. The number of nitrogens with zero attached hydrogens (tertiary/aromatic N) is 2. The molecule has 0 unspecified atom stereocenters. The van der Waals surface area contributed by atoms with Crippen LogP contribution in [-0.2, 0) is 11.3 Å². The molecule has 8 heteroatoms. The third-order valence-electron chi connectivity index (χ3n) is 2.78. The van der Waals surface area contributed by atoms with E-state index >= 15 is 0 Å². The lowest BCUT2D eigenvalue weighted by Gasteiger charge is -2.22. The third-order valence-corrected chi connectivity index (χ3v) is 4.00. The van der Waals surface area contributed by atoms with Gasteiger partial charge in [-0.25, -0.2) is 4.98 Å². The lowest BCUT2D eigenvalue weighted by Crippen LogP contribution is -2.34. The van der Waals surface area contributed by atoms with Crippen LogP contribution in [0.1, 0.15) is 23.9 Å². The van der Waals surface area contributed by atoms with Crippen molar-refractivity contribution in [1.82, 2.24) is 10.3 Å². The normalized spacial score (nSPS) is 11.9. The van der Waals surface area contributed by atoms with Crippen molar-refractivity contribution in [3.8, 4) is 0 Å². The van der Waals surface area contributed by atoms with Gasteiger partial charge in [0.25, 0.3) is 0 Å². The Morgan fingerprint density at radius 3 is 2.67 bits per heavy atom. The molecule has 4 nitrogen and oxygen atoms in total. The van der Waals surface area contributed by atoms with Gasteiger partial charge in [0.15, 0.2) is 5.13 Å². The molecule has 0 fully saturated rings. The molecule has 1 N–H and O–H groups in total. The lowest BCUT2D eigenvalue weighted by molar-refractivity contribution is -0.119.